The molecule has 0 N–H and O–H groups in total. The van der Waals surface area contributed by atoms with Crippen LogP contribution in [0.1, 0.15) is 23.6 Å². The van der Waals surface area contributed by atoms with Gasteiger partial charge in [-0.3, -0.25) is 4.79 Å². The van der Waals surface area contributed by atoms with E-state index in [4.69, 9.17) is 10.7 Å². The minimum atomic E-state index is -3.45. The van der Waals surface area contributed by atoms with E-state index in [1.54, 1.807) is 6.92 Å². The summed E-state index contributed by atoms with van der Waals surface area (Å²) in [6.45, 7) is 3.45. The van der Waals surface area contributed by atoms with E-state index in [0.717, 1.165) is 16.7 Å². The number of ketones is 1. The van der Waals surface area contributed by atoms with Gasteiger partial charge in [-0.05, 0) is 37.0 Å². The van der Waals surface area contributed by atoms with Crippen molar-refractivity contribution in [2.24, 2.45) is 0 Å². The molecule has 0 saturated carbocycles. The molecule has 1 aromatic carbocycles. The van der Waals surface area contributed by atoms with Crippen LogP contribution in [0.4, 0.5) is 0 Å². The van der Waals surface area contributed by atoms with Gasteiger partial charge < -0.3 is 0 Å². The lowest BCUT2D eigenvalue weighted by molar-refractivity contribution is -0.116. The number of aryl methyl sites for hydroxylation is 2. The molecule has 0 saturated heterocycles. The number of Topliss-reactive ketones (excluding diaryl/α,β-unsaturated/α-hetero) is 1. The lowest BCUT2D eigenvalue weighted by Gasteiger charge is -2.07. The smallest absolute Gasteiger partial charge is 0.232 e. The first-order valence-electron chi connectivity index (χ1n) is 5.28. The van der Waals surface area contributed by atoms with Crippen molar-refractivity contribution in [1.29, 1.82) is 0 Å². The molecule has 5 heteroatoms. The summed E-state index contributed by atoms with van der Waals surface area (Å²) in [4.78, 5) is 11.0. The van der Waals surface area contributed by atoms with Crippen LogP contribution in [-0.4, -0.2) is 20.0 Å². The van der Waals surface area contributed by atoms with Crippen molar-refractivity contribution >= 4 is 25.5 Å². The molecule has 1 aromatic rings. The van der Waals surface area contributed by atoms with E-state index >= 15 is 0 Å². The number of hydrogen-bond donors (Lipinski definition) is 0. The van der Waals surface area contributed by atoms with Crippen molar-refractivity contribution < 1.29 is 13.2 Å². The van der Waals surface area contributed by atoms with Crippen molar-refractivity contribution in [3.05, 3.63) is 34.9 Å². The van der Waals surface area contributed by atoms with Crippen LogP contribution in [0.3, 0.4) is 0 Å². The molecule has 0 amide bonds. The zero-order valence-electron chi connectivity index (χ0n) is 9.86. The highest BCUT2D eigenvalue weighted by Crippen LogP contribution is 2.14. The summed E-state index contributed by atoms with van der Waals surface area (Å²) in [5.74, 6) is 0.0436. The zero-order chi connectivity index (χ0) is 13.1. The van der Waals surface area contributed by atoms with Gasteiger partial charge in [0.2, 0.25) is 9.05 Å². The molecule has 0 atom stereocenters. The number of rotatable bonds is 5. The van der Waals surface area contributed by atoms with Crippen molar-refractivity contribution in [2.75, 3.05) is 5.75 Å². The Morgan fingerprint density at radius 3 is 2.47 bits per heavy atom. The standard InChI is InChI=1S/C12H15ClO3S/c1-9-7-11(8-10(2)14)3-4-12(9)5-6-17(13,15)16/h3-4,7H,5-6,8H2,1-2H3. The number of carbonyl (C=O) groups excluding carboxylic acids is 1. The SMILES string of the molecule is CC(=O)Cc1ccc(CCS(=O)(=O)Cl)c(C)c1. The second kappa shape index (κ2) is 5.65. The third-order valence-electron chi connectivity index (χ3n) is 2.48. The second-order valence-corrected chi connectivity index (χ2v) is 7.03. The predicted molar refractivity (Wildman–Crippen MR) is 68.9 cm³/mol. The zero-order valence-corrected chi connectivity index (χ0v) is 11.4. The molecule has 0 radical (unpaired) electrons. The highest BCUT2D eigenvalue weighted by atomic mass is 35.7. The van der Waals surface area contributed by atoms with Gasteiger partial charge in [0.05, 0.1) is 5.75 Å². The molecule has 0 spiro atoms. The van der Waals surface area contributed by atoms with Crippen molar-refractivity contribution in [1.82, 2.24) is 0 Å². The van der Waals surface area contributed by atoms with Crippen LogP contribution in [0.2, 0.25) is 0 Å². The van der Waals surface area contributed by atoms with Gasteiger partial charge in [0.25, 0.3) is 0 Å². The number of benzene rings is 1. The first-order chi connectivity index (χ1) is 7.78. The fraction of sp³-hybridized carbons (Fsp3) is 0.417. The molecule has 0 heterocycles. The molecular formula is C12H15ClO3S. The average Bonchev–Trinajstić information content (AvgIpc) is 2.13. The van der Waals surface area contributed by atoms with Crippen LogP contribution in [0.5, 0.6) is 0 Å². The quantitative estimate of drug-likeness (QED) is 0.774. The Hall–Kier alpha value is -0.870. The van der Waals surface area contributed by atoms with Gasteiger partial charge in [0.15, 0.2) is 0 Å². The summed E-state index contributed by atoms with van der Waals surface area (Å²) in [7, 11) is 1.71. The first kappa shape index (κ1) is 14.2. The normalized spacial score (nSPS) is 11.5. The second-order valence-electron chi connectivity index (χ2n) is 4.13. The molecule has 0 fully saturated rings. The topological polar surface area (TPSA) is 51.2 Å². The summed E-state index contributed by atoms with van der Waals surface area (Å²) in [6, 6.07) is 5.62. The van der Waals surface area contributed by atoms with E-state index in [0.29, 0.717) is 12.8 Å². The van der Waals surface area contributed by atoms with Gasteiger partial charge >= 0.3 is 0 Å². The van der Waals surface area contributed by atoms with Crippen LogP contribution < -0.4 is 0 Å². The van der Waals surface area contributed by atoms with Gasteiger partial charge in [-0.2, -0.15) is 0 Å². The minimum absolute atomic E-state index is 0.0680. The van der Waals surface area contributed by atoms with Crippen molar-refractivity contribution in [2.45, 2.75) is 26.7 Å². The van der Waals surface area contributed by atoms with Crippen LogP contribution in [-0.2, 0) is 26.7 Å². The number of carbonyl (C=O) groups is 1. The molecule has 0 bridgehead atoms. The molecule has 94 valence electrons. The fourth-order valence-electron chi connectivity index (χ4n) is 1.67. The summed E-state index contributed by atoms with van der Waals surface area (Å²) in [5.41, 5.74) is 2.89. The Kier molecular flexibility index (Phi) is 4.71. The molecule has 0 aromatic heterocycles. The fourth-order valence-corrected chi connectivity index (χ4v) is 2.36. The third-order valence-corrected chi connectivity index (χ3v) is 3.63. The largest absolute Gasteiger partial charge is 0.300 e. The van der Waals surface area contributed by atoms with Crippen LogP contribution >= 0.6 is 10.7 Å². The maximum absolute atomic E-state index is 11.0. The Morgan fingerprint density at radius 1 is 1.35 bits per heavy atom. The molecule has 0 aliphatic carbocycles. The number of halogens is 1. The minimum Gasteiger partial charge on any atom is -0.300 e. The van der Waals surface area contributed by atoms with E-state index in [-0.39, 0.29) is 11.5 Å². The summed E-state index contributed by atoms with van der Waals surface area (Å²) < 4.78 is 21.7. The van der Waals surface area contributed by atoms with E-state index in [9.17, 15) is 13.2 Å². The monoisotopic (exact) mass is 274 g/mol. The van der Waals surface area contributed by atoms with Crippen molar-refractivity contribution in [3.63, 3.8) is 0 Å². The molecule has 17 heavy (non-hydrogen) atoms. The van der Waals surface area contributed by atoms with Gasteiger partial charge in [-0.1, -0.05) is 18.2 Å². The van der Waals surface area contributed by atoms with Crippen LogP contribution in [0.25, 0.3) is 0 Å². The van der Waals surface area contributed by atoms with Gasteiger partial charge in [-0.25, -0.2) is 8.42 Å². The Balaban J connectivity index is 2.79. The Bertz CT molecular complexity index is 521. The van der Waals surface area contributed by atoms with Gasteiger partial charge in [-0.15, -0.1) is 0 Å². The third kappa shape index (κ3) is 5.33. The maximum Gasteiger partial charge on any atom is 0.232 e. The molecule has 3 nitrogen and oxygen atoms in total. The van der Waals surface area contributed by atoms with E-state index in [1.165, 1.54) is 0 Å². The first-order valence-corrected chi connectivity index (χ1v) is 7.76. The summed E-state index contributed by atoms with van der Waals surface area (Å²) in [5, 5.41) is 0. The molecular weight excluding hydrogens is 260 g/mol. The number of hydrogen-bond acceptors (Lipinski definition) is 3. The lowest BCUT2D eigenvalue weighted by Crippen LogP contribution is -2.03. The van der Waals surface area contributed by atoms with Crippen LogP contribution in [0.15, 0.2) is 18.2 Å². The predicted octanol–water partition coefficient (Wildman–Crippen LogP) is 2.24. The molecule has 1 rings (SSSR count). The molecule has 0 unspecified atom stereocenters. The van der Waals surface area contributed by atoms with Crippen LogP contribution in [0, 0.1) is 6.92 Å². The molecule has 0 aliphatic heterocycles. The van der Waals surface area contributed by atoms with E-state index in [2.05, 4.69) is 0 Å². The average molecular weight is 275 g/mol. The molecule has 0 aliphatic rings. The van der Waals surface area contributed by atoms with Gasteiger partial charge in [0.1, 0.15) is 5.78 Å². The Morgan fingerprint density at radius 2 is 2.00 bits per heavy atom. The van der Waals surface area contributed by atoms with E-state index in [1.807, 2.05) is 25.1 Å². The maximum atomic E-state index is 11.0. The Labute approximate surface area is 106 Å². The lowest BCUT2D eigenvalue weighted by atomic mass is 10.0. The summed E-state index contributed by atoms with van der Waals surface area (Å²) in [6.07, 6.45) is 0.812. The highest BCUT2D eigenvalue weighted by Gasteiger charge is 2.08. The summed E-state index contributed by atoms with van der Waals surface area (Å²) >= 11 is 0. The van der Waals surface area contributed by atoms with Gasteiger partial charge in [0, 0.05) is 17.1 Å². The highest BCUT2D eigenvalue weighted by molar-refractivity contribution is 8.13. The van der Waals surface area contributed by atoms with Crippen molar-refractivity contribution in [3.8, 4) is 0 Å². The van der Waals surface area contributed by atoms with E-state index < -0.39 is 9.05 Å².